The van der Waals surface area contributed by atoms with Crippen molar-refractivity contribution in [1.29, 1.82) is 0 Å². The molecule has 0 amide bonds. The van der Waals surface area contributed by atoms with Gasteiger partial charge in [0.2, 0.25) is 0 Å². The van der Waals surface area contributed by atoms with Crippen molar-refractivity contribution < 1.29 is 13.9 Å². The van der Waals surface area contributed by atoms with E-state index in [0.717, 1.165) is 11.8 Å². The maximum Gasteiger partial charge on any atom is 0.316 e. The van der Waals surface area contributed by atoms with Crippen LogP contribution in [0.2, 0.25) is 0 Å². The normalized spacial score (nSPS) is 11.6. The maximum absolute atomic E-state index is 13.3. The van der Waals surface area contributed by atoms with Crippen molar-refractivity contribution in [3.05, 3.63) is 64.7 Å². The molecular weight excluding hydrogens is 367 g/mol. The molecule has 2 aromatic carbocycles. The Balaban J connectivity index is 2.04. The molecule has 1 heterocycles. The zero-order chi connectivity index (χ0) is 19.6. The van der Waals surface area contributed by atoms with Crippen LogP contribution in [-0.4, -0.2) is 26.9 Å². The largest absolute Gasteiger partial charge is 0.459 e. The van der Waals surface area contributed by atoms with Gasteiger partial charge in [0.1, 0.15) is 11.4 Å². The van der Waals surface area contributed by atoms with E-state index in [1.165, 1.54) is 28.8 Å². The summed E-state index contributed by atoms with van der Waals surface area (Å²) in [6.07, 6.45) is 0. The Kier molecular flexibility index (Phi) is 5.32. The van der Waals surface area contributed by atoms with Gasteiger partial charge in [-0.3, -0.25) is 14.2 Å². The number of benzene rings is 2. The zero-order valence-electron chi connectivity index (χ0n) is 15.2. The fourth-order valence-electron chi connectivity index (χ4n) is 2.52. The van der Waals surface area contributed by atoms with Crippen LogP contribution in [0.15, 0.2) is 58.5 Å². The molecule has 3 aromatic rings. The van der Waals surface area contributed by atoms with E-state index in [1.807, 2.05) is 0 Å². The highest BCUT2D eigenvalue weighted by Gasteiger charge is 2.19. The second-order valence-corrected chi connectivity index (χ2v) is 7.85. The average molecular weight is 386 g/mol. The van der Waals surface area contributed by atoms with Crippen molar-refractivity contribution in [3.8, 4) is 5.69 Å². The lowest BCUT2D eigenvalue weighted by molar-refractivity contribution is -0.151. The first-order chi connectivity index (χ1) is 12.7. The monoisotopic (exact) mass is 386 g/mol. The minimum Gasteiger partial charge on any atom is -0.459 e. The molecule has 5 nitrogen and oxygen atoms in total. The summed E-state index contributed by atoms with van der Waals surface area (Å²) in [5.41, 5.74) is 0.142. The predicted molar refractivity (Wildman–Crippen MR) is 104 cm³/mol. The van der Waals surface area contributed by atoms with E-state index in [0.29, 0.717) is 21.7 Å². The summed E-state index contributed by atoms with van der Waals surface area (Å²) in [7, 11) is 0. The molecule has 0 N–H and O–H groups in total. The molecule has 3 rings (SSSR count). The van der Waals surface area contributed by atoms with Crippen molar-refractivity contribution >= 4 is 28.6 Å². The maximum atomic E-state index is 13.3. The van der Waals surface area contributed by atoms with E-state index in [4.69, 9.17) is 4.74 Å². The molecule has 0 unspecified atom stereocenters. The predicted octanol–water partition coefficient (Wildman–Crippen LogP) is 3.96. The summed E-state index contributed by atoms with van der Waals surface area (Å²) in [5.74, 6) is -0.799. The summed E-state index contributed by atoms with van der Waals surface area (Å²) in [6, 6.07) is 12.5. The SMILES string of the molecule is CC(C)(C)OC(=O)CSc1nc2ccccc2c(=O)n1-c1ccc(F)cc1. The highest BCUT2D eigenvalue weighted by molar-refractivity contribution is 7.99. The molecule has 140 valence electrons. The van der Waals surface area contributed by atoms with Gasteiger partial charge in [-0.05, 0) is 57.2 Å². The molecule has 0 spiro atoms. The molecular formula is C20H19FN2O3S. The summed E-state index contributed by atoms with van der Waals surface area (Å²) in [4.78, 5) is 29.6. The van der Waals surface area contributed by atoms with Crippen LogP contribution in [0.5, 0.6) is 0 Å². The molecule has 0 atom stereocenters. The Labute approximate surface area is 160 Å². The van der Waals surface area contributed by atoms with Crippen LogP contribution in [0.1, 0.15) is 20.8 Å². The number of halogens is 1. The molecule has 0 radical (unpaired) electrons. The standard InChI is InChI=1S/C20H19FN2O3S/c1-20(2,3)26-17(24)12-27-19-22-16-7-5-4-6-15(16)18(25)23(19)14-10-8-13(21)9-11-14/h4-11H,12H2,1-3H3. The number of rotatable bonds is 4. The van der Waals surface area contributed by atoms with Crippen LogP contribution in [0.3, 0.4) is 0 Å². The number of para-hydroxylation sites is 1. The molecule has 0 aliphatic carbocycles. The third kappa shape index (κ3) is 4.54. The van der Waals surface area contributed by atoms with E-state index >= 15 is 0 Å². The summed E-state index contributed by atoms with van der Waals surface area (Å²) in [5, 5.41) is 0.791. The molecule has 0 aliphatic heterocycles. The quantitative estimate of drug-likeness (QED) is 0.386. The number of carbonyl (C=O) groups is 1. The fourth-order valence-corrected chi connectivity index (χ4v) is 3.31. The number of aromatic nitrogens is 2. The van der Waals surface area contributed by atoms with Gasteiger partial charge in [0.25, 0.3) is 5.56 Å². The first-order valence-corrected chi connectivity index (χ1v) is 9.35. The fraction of sp³-hybridized carbons (Fsp3) is 0.250. The minimum atomic E-state index is -0.592. The number of carbonyl (C=O) groups excluding carboxylic acids is 1. The zero-order valence-corrected chi connectivity index (χ0v) is 16.0. The van der Waals surface area contributed by atoms with Gasteiger partial charge in [0, 0.05) is 0 Å². The average Bonchev–Trinajstić information content (AvgIpc) is 2.60. The van der Waals surface area contributed by atoms with E-state index in [9.17, 15) is 14.0 Å². The van der Waals surface area contributed by atoms with Gasteiger partial charge in [0.05, 0.1) is 22.3 Å². The highest BCUT2D eigenvalue weighted by atomic mass is 32.2. The molecule has 0 fully saturated rings. The van der Waals surface area contributed by atoms with Gasteiger partial charge in [-0.25, -0.2) is 9.37 Å². The first-order valence-electron chi connectivity index (χ1n) is 8.37. The molecule has 0 saturated carbocycles. The third-order valence-corrected chi connectivity index (χ3v) is 4.48. The van der Waals surface area contributed by atoms with Gasteiger partial charge < -0.3 is 4.74 Å². The topological polar surface area (TPSA) is 61.2 Å². The Hall–Kier alpha value is -2.67. The second kappa shape index (κ2) is 7.52. The molecule has 1 aromatic heterocycles. The lowest BCUT2D eigenvalue weighted by Gasteiger charge is -2.19. The van der Waals surface area contributed by atoms with Crippen molar-refractivity contribution in [1.82, 2.24) is 9.55 Å². The summed E-state index contributed by atoms with van der Waals surface area (Å²) >= 11 is 1.11. The number of ether oxygens (including phenoxy) is 1. The lowest BCUT2D eigenvalue weighted by atomic mass is 10.2. The van der Waals surface area contributed by atoms with Gasteiger partial charge in [-0.15, -0.1) is 0 Å². The number of nitrogens with zero attached hydrogens (tertiary/aromatic N) is 2. The van der Waals surface area contributed by atoms with Crippen molar-refractivity contribution in [2.45, 2.75) is 31.5 Å². The lowest BCUT2D eigenvalue weighted by Crippen LogP contribution is -2.26. The van der Waals surface area contributed by atoms with Crippen LogP contribution >= 0.6 is 11.8 Å². The number of hydrogen-bond donors (Lipinski definition) is 0. The summed E-state index contributed by atoms with van der Waals surface area (Å²) in [6.45, 7) is 5.37. The highest BCUT2D eigenvalue weighted by Crippen LogP contribution is 2.22. The number of hydrogen-bond acceptors (Lipinski definition) is 5. The van der Waals surface area contributed by atoms with Crippen LogP contribution in [0, 0.1) is 5.82 Å². The third-order valence-electron chi connectivity index (χ3n) is 3.57. The molecule has 0 aliphatic rings. The van der Waals surface area contributed by atoms with E-state index in [1.54, 1.807) is 45.0 Å². The van der Waals surface area contributed by atoms with Gasteiger partial charge >= 0.3 is 5.97 Å². The molecule has 7 heteroatoms. The molecule has 0 bridgehead atoms. The Morgan fingerprint density at radius 3 is 2.48 bits per heavy atom. The van der Waals surface area contributed by atoms with Gasteiger partial charge in [-0.2, -0.15) is 0 Å². The van der Waals surface area contributed by atoms with Crippen LogP contribution in [-0.2, 0) is 9.53 Å². The summed E-state index contributed by atoms with van der Waals surface area (Å²) < 4.78 is 20.0. The van der Waals surface area contributed by atoms with Gasteiger partial charge in [-0.1, -0.05) is 23.9 Å². The Morgan fingerprint density at radius 2 is 1.81 bits per heavy atom. The smallest absolute Gasteiger partial charge is 0.316 e. The number of thioether (sulfide) groups is 1. The van der Waals surface area contributed by atoms with Crippen molar-refractivity contribution in [2.75, 3.05) is 5.75 Å². The molecule has 27 heavy (non-hydrogen) atoms. The second-order valence-electron chi connectivity index (χ2n) is 6.90. The number of fused-ring (bicyclic) bond motifs is 1. The Morgan fingerprint density at radius 1 is 1.15 bits per heavy atom. The van der Waals surface area contributed by atoms with Gasteiger partial charge in [0.15, 0.2) is 5.16 Å². The minimum absolute atomic E-state index is 0.00322. The van der Waals surface area contributed by atoms with Crippen LogP contribution < -0.4 is 5.56 Å². The van der Waals surface area contributed by atoms with E-state index in [-0.39, 0.29) is 11.3 Å². The Bertz CT molecular complexity index is 1040. The van der Waals surface area contributed by atoms with E-state index in [2.05, 4.69) is 4.98 Å². The van der Waals surface area contributed by atoms with Crippen molar-refractivity contribution in [2.24, 2.45) is 0 Å². The first kappa shape index (κ1) is 19.1. The number of esters is 1. The van der Waals surface area contributed by atoms with E-state index < -0.39 is 17.4 Å². The van der Waals surface area contributed by atoms with Crippen molar-refractivity contribution in [3.63, 3.8) is 0 Å². The van der Waals surface area contributed by atoms with Crippen LogP contribution in [0.25, 0.3) is 16.6 Å². The molecule has 0 saturated heterocycles. The van der Waals surface area contributed by atoms with Crippen LogP contribution in [0.4, 0.5) is 4.39 Å².